The molecule has 1 N–H and O–H groups in total. The highest BCUT2D eigenvalue weighted by atomic mass is 16.7. The molecule has 0 aliphatic heterocycles. The van der Waals surface area contributed by atoms with Crippen molar-refractivity contribution in [1.82, 2.24) is 0 Å². The molecule has 0 aliphatic rings. The topological polar surface area (TPSA) is 108 Å². The van der Waals surface area contributed by atoms with Crippen molar-refractivity contribution in [3.05, 3.63) is 170 Å². The summed E-state index contributed by atoms with van der Waals surface area (Å²) in [4.78, 5) is 37.6. The van der Waals surface area contributed by atoms with Crippen LogP contribution in [0, 0.1) is 0 Å². The second kappa shape index (κ2) is 68.6. The number of hydrogen-bond donors (Lipinski definition) is 1. The van der Waals surface area contributed by atoms with Crippen molar-refractivity contribution in [2.45, 2.75) is 270 Å². The summed E-state index contributed by atoms with van der Waals surface area (Å²) in [6.07, 6.45) is 100. The lowest BCUT2D eigenvalue weighted by Crippen LogP contribution is -2.40. The van der Waals surface area contributed by atoms with Crippen molar-refractivity contribution in [3.63, 3.8) is 0 Å². The average molecular weight is 1230 g/mol. The molecule has 0 bridgehead atoms. The summed E-state index contributed by atoms with van der Waals surface area (Å²) in [6, 6.07) is 0. The Labute approximate surface area is 546 Å². The number of hydrogen-bond acceptors (Lipinski definition) is 7. The van der Waals surface area contributed by atoms with Crippen LogP contribution in [0.3, 0.4) is 0 Å². The Hall–Kier alpha value is -5.35. The number of nitrogens with zero attached hydrogens (tertiary/aromatic N) is 1. The van der Waals surface area contributed by atoms with E-state index in [1.54, 1.807) is 0 Å². The van der Waals surface area contributed by atoms with E-state index in [-0.39, 0.29) is 38.6 Å². The quantitative estimate of drug-likeness (QED) is 0.0211. The Kier molecular flexibility index (Phi) is 64.4. The fraction of sp³-hybridized carbons (Fsp3) is 0.613. The molecule has 0 fully saturated rings. The largest absolute Gasteiger partial charge is 0.477 e. The molecule has 0 heterocycles. The minimum atomic E-state index is -1.53. The van der Waals surface area contributed by atoms with Crippen molar-refractivity contribution in [2.75, 3.05) is 47.5 Å². The Morgan fingerprint density at radius 2 is 0.607 bits per heavy atom. The normalized spacial score (nSPS) is 13.8. The molecule has 2 atom stereocenters. The predicted octanol–water partition coefficient (Wildman–Crippen LogP) is 22.2. The van der Waals surface area contributed by atoms with E-state index >= 15 is 0 Å². The highest BCUT2D eigenvalue weighted by Crippen LogP contribution is 2.16. The molecular weight excluding hydrogens is 1100 g/mol. The van der Waals surface area contributed by atoms with Gasteiger partial charge in [0.15, 0.2) is 6.10 Å². The van der Waals surface area contributed by atoms with Crippen molar-refractivity contribution < 1.29 is 42.9 Å². The molecular formula is C80H130NO8+. The average Bonchev–Trinajstić information content (AvgIpc) is 3.70. The van der Waals surface area contributed by atoms with Gasteiger partial charge < -0.3 is 28.5 Å². The Balaban J connectivity index is 4.22. The van der Waals surface area contributed by atoms with Crippen LogP contribution in [0.15, 0.2) is 170 Å². The minimum absolute atomic E-state index is 0.176. The summed E-state index contributed by atoms with van der Waals surface area (Å²) >= 11 is 0. The summed E-state index contributed by atoms with van der Waals surface area (Å²) in [5.41, 5.74) is 0. The smallest absolute Gasteiger partial charge is 0.361 e. The van der Waals surface area contributed by atoms with Crippen LogP contribution in [0.4, 0.5) is 0 Å². The lowest BCUT2D eigenvalue weighted by molar-refractivity contribution is -0.870. The third kappa shape index (κ3) is 70.0. The number of carboxylic acid groups (broad SMARTS) is 1. The molecule has 89 heavy (non-hydrogen) atoms. The maximum absolute atomic E-state index is 12.9. The number of rotatable bonds is 63. The van der Waals surface area contributed by atoms with Crippen molar-refractivity contribution in [2.24, 2.45) is 0 Å². The van der Waals surface area contributed by atoms with Crippen LogP contribution < -0.4 is 0 Å². The molecule has 0 radical (unpaired) electrons. The molecule has 0 amide bonds. The van der Waals surface area contributed by atoms with E-state index in [9.17, 15) is 19.5 Å². The number of quaternary nitrogens is 1. The number of aliphatic carboxylic acids is 1. The van der Waals surface area contributed by atoms with E-state index in [1.165, 1.54) is 77.0 Å². The SMILES string of the molecule is CC/C=C\C/C=C\C/C=C\C/C=C\C/C=C\C/C=C\C/C=C\C/C=C\C/C=C\C/C=C\CCCCCCCCC(=O)OC(COC(=O)CCCCCCCCCCCCCCCC/C=C\C/C=C\C/C=C\C/C=C\CC)COC(OCC[N+](C)(C)C)C(=O)O. The van der Waals surface area contributed by atoms with Gasteiger partial charge in [-0.15, -0.1) is 0 Å². The first-order chi connectivity index (χ1) is 43.6. The summed E-state index contributed by atoms with van der Waals surface area (Å²) < 4.78 is 23.0. The number of esters is 2. The van der Waals surface area contributed by atoms with Gasteiger partial charge in [-0.25, -0.2) is 4.79 Å². The van der Waals surface area contributed by atoms with Crippen LogP contribution in [-0.2, 0) is 33.3 Å². The van der Waals surface area contributed by atoms with E-state index in [0.717, 1.165) is 148 Å². The van der Waals surface area contributed by atoms with Gasteiger partial charge >= 0.3 is 17.9 Å². The zero-order valence-corrected chi connectivity index (χ0v) is 57.3. The third-order valence-corrected chi connectivity index (χ3v) is 14.5. The van der Waals surface area contributed by atoms with Crippen molar-refractivity contribution in [3.8, 4) is 0 Å². The van der Waals surface area contributed by atoms with Crippen LogP contribution in [0.2, 0.25) is 0 Å². The Morgan fingerprint density at radius 3 is 0.899 bits per heavy atom. The molecule has 0 aromatic heterocycles. The zero-order valence-electron chi connectivity index (χ0n) is 57.3. The second-order valence-electron chi connectivity index (χ2n) is 24.1. The van der Waals surface area contributed by atoms with Gasteiger partial charge in [-0.1, -0.05) is 287 Å². The molecule has 0 spiro atoms. The fourth-order valence-corrected chi connectivity index (χ4v) is 9.15. The standard InChI is InChI=1S/C80H129NO8/c1-6-8-10-12-14-16-18-20-22-24-26-28-30-32-34-35-36-37-38-39-40-41-42-43-45-47-49-51-53-55-57-59-61-63-65-67-69-71-78(83)89-76(75-88-80(79(84)85)86-73-72-81(3,4)5)74-87-77(82)70-68-66-64-62-60-58-56-54-52-50-48-46-44-33-31-29-27-25-23-21-19-17-15-13-11-9-7-2/h8-11,14-17,20-23,26-29,32,34,36-37,39-40,42-43,47,49,53,55,76,80H,6-7,12-13,18-19,24-25,30-31,33,35,38,41,44-46,48,50-52,54,56-75H2,1-5H3/p+1/b10-8-,11-9-,16-14-,17-15-,22-20-,23-21-,28-26-,29-27-,34-32-,37-36-,40-39-,43-42-,49-47-,55-53-. The summed E-state index contributed by atoms with van der Waals surface area (Å²) in [5.74, 6) is -2.04. The van der Waals surface area contributed by atoms with Gasteiger partial charge in [-0.3, -0.25) is 9.59 Å². The van der Waals surface area contributed by atoms with Crippen molar-refractivity contribution >= 4 is 17.9 Å². The van der Waals surface area contributed by atoms with Crippen LogP contribution in [-0.4, -0.2) is 87.4 Å². The molecule has 0 rings (SSSR count). The maximum atomic E-state index is 12.9. The first-order valence-corrected chi connectivity index (χ1v) is 35.3. The number of carbonyl (C=O) groups excluding carboxylic acids is 2. The van der Waals surface area contributed by atoms with E-state index in [2.05, 4.69) is 184 Å². The fourth-order valence-electron chi connectivity index (χ4n) is 9.15. The Morgan fingerprint density at radius 1 is 0.337 bits per heavy atom. The lowest BCUT2D eigenvalue weighted by atomic mass is 10.0. The van der Waals surface area contributed by atoms with Gasteiger partial charge in [0.25, 0.3) is 6.29 Å². The number of carbonyl (C=O) groups is 3. The molecule has 0 aromatic carbocycles. The molecule has 9 nitrogen and oxygen atoms in total. The molecule has 0 saturated heterocycles. The van der Waals surface area contributed by atoms with Crippen LogP contribution in [0.1, 0.15) is 258 Å². The number of carboxylic acids is 1. The summed E-state index contributed by atoms with van der Waals surface area (Å²) in [7, 11) is 5.96. The van der Waals surface area contributed by atoms with Gasteiger partial charge in [-0.05, 0) is 128 Å². The zero-order chi connectivity index (χ0) is 64.7. The van der Waals surface area contributed by atoms with Crippen LogP contribution >= 0.6 is 0 Å². The van der Waals surface area contributed by atoms with Crippen LogP contribution in [0.5, 0.6) is 0 Å². The van der Waals surface area contributed by atoms with E-state index < -0.39 is 24.3 Å². The first kappa shape index (κ1) is 83.7. The van der Waals surface area contributed by atoms with Gasteiger partial charge in [0.1, 0.15) is 13.2 Å². The van der Waals surface area contributed by atoms with E-state index in [0.29, 0.717) is 17.4 Å². The predicted molar refractivity (Wildman–Crippen MR) is 382 cm³/mol. The molecule has 0 aromatic rings. The second-order valence-corrected chi connectivity index (χ2v) is 24.1. The monoisotopic (exact) mass is 1230 g/mol. The van der Waals surface area contributed by atoms with Crippen LogP contribution in [0.25, 0.3) is 0 Å². The molecule has 0 aliphatic carbocycles. The molecule has 502 valence electrons. The third-order valence-electron chi connectivity index (χ3n) is 14.5. The highest BCUT2D eigenvalue weighted by Gasteiger charge is 2.25. The lowest BCUT2D eigenvalue weighted by Gasteiger charge is -2.25. The minimum Gasteiger partial charge on any atom is -0.477 e. The number of likely N-dealkylation sites (N-methyl/N-ethyl adjacent to an activating group) is 1. The summed E-state index contributed by atoms with van der Waals surface area (Å²) in [6.45, 7) is 4.62. The first-order valence-electron chi connectivity index (χ1n) is 35.3. The van der Waals surface area contributed by atoms with E-state index in [1.807, 2.05) is 21.1 Å². The summed E-state index contributed by atoms with van der Waals surface area (Å²) in [5, 5.41) is 9.75. The Bertz CT molecular complexity index is 2070. The highest BCUT2D eigenvalue weighted by molar-refractivity contribution is 5.71. The van der Waals surface area contributed by atoms with Gasteiger partial charge in [0, 0.05) is 12.8 Å². The maximum Gasteiger partial charge on any atom is 0.361 e. The number of unbranched alkanes of at least 4 members (excludes halogenated alkanes) is 20. The number of allylic oxidation sites excluding steroid dienone is 28. The number of ether oxygens (including phenoxy) is 4. The molecule has 9 heteroatoms. The van der Waals surface area contributed by atoms with Gasteiger partial charge in [-0.2, -0.15) is 0 Å². The molecule has 2 unspecified atom stereocenters. The van der Waals surface area contributed by atoms with Gasteiger partial charge in [0.2, 0.25) is 0 Å². The van der Waals surface area contributed by atoms with Gasteiger partial charge in [0.05, 0.1) is 34.4 Å². The van der Waals surface area contributed by atoms with Crippen molar-refractivity contribution in [1.29, 1.82) is 0 Å². The molecule has 0 saturated carbocycles. The van der Waals surface area contributed by atoms with E-state index in [4.69, 9.17) is 18.9 Å².